The van der Waals surface area contributed by atoms with Crippen molar-refractivity contribution in [2.45, 2.75) is 44.3 Å². The molecule has 1 saturated carbocycles. The summed E-state index contributed by atoms with van der Waals surface area (Å²) in [6.07, 6.45) is -1.51. The Morgan fingerprint density at radius 2 is 1.92 bits per heavy atom. The van der Waals surface area contributed by atoms with Crippen LogP contribution in [0.5, 0.6) is 0 Å². The first-order valence-electron chi connectivity index (χ1n) is 8.73. The predicted molar refractivity (Wildman–Crippen MR) is 105 cm³/mol. The van der Waals surface area contributed by atoms with E-state index in [9.17, 15) is 15.3 Å². The van der Waals surface area contributed by atoms with E-state index in [0.717, 1.165) is 5.19 Å². The molecule has 4 atom stereocenters. The Balaban J connectivity index is 2.31. The molecular weight excluding hydrogens is 376 g/mol. The molecule has 148 valence electrons. The normalized spacial score (nSPS) is 26.2. The Kier molecular flexibility index (Phi) is 7.23. The van der Waals surface area contributed by atoms with Crippen LogP contribution >= 0.6 is 11.6 Å². The number of aliphatic hydroxyl groups excluding tert-OH is 3. The van der Waals surface area contributed by atoms with E-state index in [4.69, 9.17) is 16.3 Å². The van der Waals surface area contributed by atoms with E-state index >= 15 is 0 Å². The van der Waals surface area contributed by atoms with E-state index in [0.29, 0.717) is 36.5 Å². The summed E-state index contributed by atoms with van der Waals surface area (Å²) in [7, 11) is -0.273. The number of aliphatic hydroxyl groups is 3. The summed E-state index contributed by atoms with van der Waals surface area (Å²) in [6, 6.07) is -0.421. The van der Waals surface area contributed by atoms with Gasteiger partial charge in [-0.05, 0) is 6.42 Å². The Labute approximate surface area is 160 Å². The molecule has 1 fully saturated rings. The highest BCUT2D eigenvalue weighted by Crippen LogP contribution is 2.29. The molecule has 2 rings (SSSR count). The summed E-state index contributed by atoms with van der Waals surface area (Å²) in [5.74, 6) is 0.580. The topological polar surface area (TPSA) is 120 Å². The van der Waals surface area contributed by atoms with Crippen LogP contribution in [0, 0.1) is 5.92 Å². The summed E-state index contributed by atoms with van der Waals surface area (Å²) in [5, 5.41) is 37.3. The van der Waals surface area contributed by atoms with E-state index in [1.54, 1.807) is 7.11 Å². The van der Waals surface area contributed by atoms with Gasteiger partial charge in [-0.15, -0.1) is 0 Å². The van der Waals surface area contributed by atoms with Crippen molar-refractivity contribution in [2.75, 3.05) is 37.5 Å². The van der Waals surface area contributed by atoms with Crippen LogP contribution in [-0.4, -0.2) is 78.5 Å². The summed E-state index contributed by atoms with van der Waals surface area (Å²) in [5.41, 5.74) is 0. The Bertz CT molecular complexity index is 617. The molecule has 1 aromatic heterocycles. The van der Waals surface area contributed by atoms with Crippen LogP contribution in [0.1, 0.15) is 6.42 Å². The van der Waals surface area contributed by atoms with Crippen LogP contribution < -0.4 is 15.8 Å². The average Bonchev–Trinajstić information content (AvgIpc) is 2.81. The molecule has 10 heteroatoms. The molecule has 0 unspecified atom stereocenters. The first kappa shape index (κ1) is 21.3. The monoisotopic (exact) mass is 404 g/mol. The minimum absolute atomic E-state index is 0.175. The second kappa shape index (κ2) is 8.81. The number of methoxy groups -OCH3 is 1. The summed E-state index contributed by atoms with van der Waals surface area (Å²) < 4.78 is 5.02. The SMILES string of the molecule is COCCNc1nc(Cl)c([Si](C)(C)C)c(N[C@@H]2C[C@H](CO)[C@@H](O)[C@H]2O)n1. The molecule has 1 aromatic rings. The lowest BCUT2D eigenvalue weighted by Crippen LogP contribution is -2.44. The molecule has 0 bridgehead atoms. The number of ether oxygens (including phenoxy) is 1. The van der Waals surface area contributed by atoms with Crippen molar-refractivity contribution in [2.24, 2.45) is 5.92 Å². The van der Waals surface area contributed by atoms with Crippen LogP contribution in [0.4, 0.5) is 11.8 Å². The van der Waals surface area contributed by atoms with Crippen molar-refractivity contribution in [3.63, 3.8) is 0 Å². The molecular formula is C16H29ClN4O4Si. The maximum Gasteiger partial charge on any atom is 0.226 e. The van der Waals surface area contributed by atoms with Gasteiger partial charge in [-0.25, -0.2) is 4.98 Å². The lowest BCUT2D eigenvalue weighted by atomic mass is 10.1. The summed E-state index contributed by atoms with van der Waals surface area (Å²) in [4.78, 5) is 8.89. The van der Waals surface area contributed by atoms with Gasteiger partial charge in [-0.3, -0.25) is 0 Å². The maximum absolute atomic E-state index is 10.3. The molecule has 1 aliphatic rings. The van der Waals surface area contributed by atoms with Crippen LogP contribution in [0.25, 0.3) is 0 Å². The molecule has 8 nitrogen and oxygen atoms in total. The largest absolute Gasteiger partial charge is 0.396 e. The highest BCUT2D eigenvalue weighted by atomic mass is 35.5. The molecule has 0 spiro atoms. The number of nitrogens with zero attached hydrogens (tertiary/aromatic N) is 2. The minimum atomic E-state index is -1.89. The molecule has 26 heavy (non-hydrogen) atoms. The van der Waals surface area contributed by atoms with E-state index < -0.39 is 26.3 Å². The van der Waals surface area contributed by atoms with Gasteiger partial charge < -0.3 is 30.7 Å². The van der Waals surface area contributed by atoms with Gasteiger partial charge in [0.25, 0.3) is 0 Å². The molecule has 0 saturated heterocycles. The third kappa shape index (κ3) is 4.84. The average molecular weight is 405 g/mol. The fourth-order valence-electron chi connectivity index (χ4n) is 3.17. The van der Waals surface area contributed by atoms with Crippen molar-refractivity contribution < 1.29 is 20.1 Å². The van der Waals surface area contributed by atoms with E-state index in [1.165, 1.54) is 0 Å². The minimum Gasteiger partial charge on any atom is -0.396 e. The number of nitrogens with one attached hydrogen (secondary N) is 2. The molecule has 1 aliphatic carbocycles. The lowest BCUT2D eigenvalue weighted by molar-refractivity contribution is 0.00446. The van der Waals surface area contributed by atoms with Crippen molar-refractivity contribution in [3.05, 3.63) is 5.15 Å². The molecule has 0 aliphatic heterocycles. The van der Waals surface area contributed by atoms with E-state index in [1.807, 2.05) is 0 Å². The highest BCUT2D eigenvalue weighted by molar-refractivity contribution is 6.91. The first-order valence-corrected chi connectivity index (χ1v) is 12.6. The maximum atomic E-state index is 10.3. The van der Waals surface area contributed by atoms with Gasteiger partial charge in [-0.1, -0.05) is 31.2 Å². The van der Waals surface area contributed by atoms with Crippen molar-refractivity contribution in [1.82, 2.24) is 9.97 Å². The number of rotatable bonds is 8. The van der Waals surface area contributed by atoms with Crippen molar-refractivity contribution in [3.8, 4) is 0 Å². The van der Waals surface area contributed by atoms with E-state index in [2.05, 4.69) is 40.2 Å². The molecule has 0 amide bonds. The van der Waals surface area contributed by atoms with Gasteiger partial charge in [0.15, 0.2) is 0 Å². The summed E-state index contributed by atoms with van der Waals surface area (Å²) in [6.45, 7) is 7.28. The van der Waals surface area contributed by atoms with Crippen LogP contribution in [0.2, 0.25) is 24.8 Å². The van der Waals surface area contributed by atoms with Gasteiger partial charge in [0.05, 0.1) is 26.8 Å². The highest BCUT2D eigenvalue weighted by Gasteiger charge is 2.42. The fourth-order valence-corrected chi connectivity index (χ4v) is 5.70. The number of hydrogen-bond donors (Lipinski definition) is 5. The van der Waals surface area contributed by atoms with Gasteiger partial charge in [0.1, 0.15) is 17.1 Å². The fraction of sp³-hybridized carbons (Fsp3) is 0.750. The van der Waals surface area contributed by atoms with Crippen LogP contribution in [-0.2, 0) is 4.74 Å². The third-order valence-corrected chi connectivity index (χ3v) is 6.97. The van der Waals surface area contributed by atoms with Gasteiger partial charge in [0.2, 0.25) is 5.95 Å². The number of hydrogen-bond acceptors (Lipinski definition) is 8. The van der Waals surface area contributed by atoms with Gasteiger partial charge in [-0.2, -0.15) is 4.98 Å². The predicted octanol–water partition coefficient (Wildman–Crippen LogP) is 0.248. The standard InChI is InChI=1S/C16H29ClN4O4Si/c1-25-6-5-18-16-20-14(17)13(26(2,3)4)15(21-16)19-10-7-9(8-22)11(23)12(10)24/h9-12,22-24H,5-8H2,1-4H3,(H2,18,19,20,21)/t9-,10-,11-,12+/m1/s1. The molecule has 0 aromatic carbocycles. The smallest absolute Gasteiger partial charge is 0.226 e. The van der Waals surface area contributed by atoms with Crippen LogP contribution in [0.3, 0.4) is 0 Å². The number of halogens is 1. The molecule has 1 heterocycles. The number of aromatic nitrogens is 2. The van der Waals surface area contributed by atoms with E-state index in [-0.39, 0.29) is 12.5 Å². The Hall–Kier alpha value is -0.973. The quantitative estimate of drug-likeness (QED) is 0.237. The summed E-state index contributed by atoms with van der Waals surface area (Å²) >= 11 is 6.46. The van der Waals surface area contributed by atoms with Gasteiger partial charge >= 0.3 is 0 Å². The van der Waals surface area contributed by atoms with Crippen molar-refractivity contribution >= 4 is 36.6 Å². The first-order chi connectivity index (χ1) is 12.2. The van der Waals surface area contributed by atoms with Gasteiger partial charge in [0, 0.05) is 31.4 Å². The third-order valence-electron chi connectivity index (χ3n) is 4.56. The lowest BCUT2D eigenvalue weighted by Gasteiger charge is -2.26. The Morgan fingerprint density at radius 3 is 2.46 bits per heavy atom. The van der Waals surface area contributed by atoms with Crippen molar-refractivity contribution in [1.29, 1.82) is 0 Å². The second-order valence-electron chi connectivity index (χ2n) is 7.64. The Morgan fingerprint density at radius 1 is 1.23 bits per heavy atom. The zero-order valence-corrected chi connectivity index (χ0v) is 17.4. The van der Waals surface area contributed by atoms with Crippen LogP contribution in [0.15, 0.2) is 0 Å². The zero-order valence-electron chi connectivity index (χ0n) is 15.7. The number of anilines is 2. The molecule has 0 radical (unpaired) electrons. The molecule has 5 N–H and O–H groups in total. The second-order valence-corrected chi connectivity index (χ2v) is 13.0. The zero-order chi connectivity index (χ0) is 19.5.